The van der Waals surface area contributed by atoms with E-state index in [2.05, 4.69) is 42.6 Å². The Labute approximate surface area is 118 Å². The van der Waals surface area contributed by atoms with Crippen molar-refractivity contribution in [3.8, 4) is 0 Å². The molecule has 0 unspecified atom stereocenters. The Morgan fingerprint density at radius 1 is 1.11 bits per heavy atom. The molecule has 0 atom stereocenters. The third-order valence-corrected chi connectivity index (χ3v) is 3.89. The van der Waals surface area contributed by atoms with Gasteiger partial charge in [0, 0.05) is 17.2 Å². The molecule has 94 valence electrons. The van der Waals surface area contributed by atoms with E-state index < -0.39 is 0 Å². The molecule has 2 rings (SSSR count). The minimum atomic E-state index is 0.783. The van der Waals surface area contributed by atoms with Gasteiger partial charge < -0.3 is 5.32 Å². The normalized spacial score (nSPS) is 10.3. The van der Waals surface area contributed by atoms with Gasteiger partial charge in [-0.3, -0.25) is 0 Å². The van der Waals surface area contributed by atoms with Crippen LogP contribution >= 0.6 is 23.4 Å². The largest absolute Gasteiger partial charge is 0.383 e. The monoisotopic (exact) mass is 277 g/mol. The summed E-state index contributed by atoms with van der Waals surface area (Å²) in [6, 6.07) is 16.5. The lowest BCUT2D eigenvalue weighted by atomic mass is 10.2. The van der Waals surface area contributed by atoms with Gasteiger partial charge in [0.1, 0.15) is 0 Å². The summed E-state index contributed by atoms with van der Waals surface area (Å²) >= 11 is 7.97. The van der Waals surface area contributed by atoms with Crippen LogP contribution in [0.3, 0.4) is 0 Å². The molecule has 0 aliphatic carbocycles. The van der Waals surface area contributed by atoms with Crippen molar-refractivity contribution in [2.45, 2.75) is 11.8 Å². The molecular formula is C15H16ClNS. The smallest absolute Gasteiger partial charge is 0.0637 e. The Bertz CT molecular complexity index is 499. The summed E-state index contributed by atoms with van der Waals surface area (Å²) < 4.78 is 0. The van der Waals surface area contributed by atoms with E-state index in [0.717, 1.165) is 23.0 Å². The minimum Gasteiger partial charge on any atom is -0.383 e. The van der Waals surface area contributed by atoms with Crippen LogP contribution in [-0.4, -0.2) is 12.3 Å². The summed E-state index contributed by atoms with van der Waals surface area (Å²) in [6.07, 6.45) is 0. The molecule has 0 aromatic heterocycles. The summed E-state index contributed by atoms with van der Waals surface area (Å²) in [5.74, 6) is 1.02. The lowest BCUT2D eigenvalue weighted by molar-refractivity contribution is 1.22. The Hall–Kier alpha value is -1.12. The molecule has 0 aliphatic heterocycles. The molecule has 2 aromatic carbocycles. The second-order valence-corrected chi connectivity index (χ2v) is 5.65. The van der Waals surface area contributed by atoms with Crippen LogP contribution in [0.2, 0.25) is 5.02 Å². The number of benzene rings is 2. The zero-order chi connectivity index (χ0) is 12.8. The molecule has 0 fully saturated rings. The highest BCUT2D eigenvalue weighted by Gasteiger charge is 1.99. The predicted octanol–water partition coefficient (Wildman–Crippen LogP) is 4.85. The first-order valence-electron chi connectivity index (χ1n) is 5.93. The van der Waals surface area contributed by atoms with Crippen molar-refractivity contribution in [3.63, 3.8) is 0 Å². The van der Waals surface area contributed by atoms with Gasteiger partial charge in [-0.05, 0) is 36.8 Å². The number of hydrogen-bond acceptors (Lipinski definition) is 2. The SMILES string of the molecule is Cc1ccc(Cl)c(NCCSc2ccccc2)c1. The van der Waals surface area contributed by atoms with E-state index in [-0.39, 0.29) is 0 Å². The second-order valence-electron chi connectivity index (χ2n) is 4.07. The van der Waals surface area contributed by atoms with Crippen molar-refractivity contribution in [2.24, 2.45) is 0 Å². The quantitative estimate of drug-likeness (QED) is 0.619. The van der Waals surface area contributed by atoms with Crippen LogP contribution in [0.5, 0.6) is 0 Å². The van der Waals surface area contributed by atoms with Gasteiger partial charge in [-0.25, -0.2) is 0 Å². The fourth-order valence-corrected chi connectivity index (χ4v) is 2.62. The Kier molecular flexibility index (Phi) is 4.97. The summed E-state index contributed by atoms with van der Waals surface area (Å²) in [5.41, 5.74) is 2.24. The summed E-state index contributed by atoms with van der Waals surface area (Å²) in [4.78, 5) is 1.30. The third kappa shape index (κ3) is 3.97. The molecule has 0 heterocycles. The first-order valence-corrected chi connectivity index (χ1v) is 7.30. The second kappa shape index (κ2) is 6.72. The van der Waals surface area contributed by atoms with Crippen LogP contribution < -0.4 is 5.32 Å². The molecule has 0 bridgehead atoms. The van der Waals surface area contributed by atoms with Gasteiger partial charge >= 0.3 is 0 Å². The summed E-state index contributed by atoms with van der Waals surface area (Å²) in [7, 11) is 0. The number of anilines is 1. The fourth-order valence-electron chi connectivity index (χ4n) is 1.65. The molecule has 1 N–H and O–H groups in total. The van der Waals surface area contributed by atoms with Crippen LogP contribution in [0.15, 0.2) is 53.4 Å². The van der Waals surface area contributed by atoms with E-state index in [1.165, 1.54) is 10.5 Å². The van der Waals surface area contributed by atoms with Gasteiger partial charge in [0.05, 0.1) is 10.7 Å². The van der Waals surface area contributed by atoms with Gasteiger partial charge in [0.15, 0.2) is 0 Å². The standard InChI is InChI=1S/C15H16ClNS/c1-12-7-8-14(16)15(11-12)17-9-10-18-13-5-3-2-4-6-13/h2-8,11,17H,9-10H2,1H3. The molecule has 0 saturated heterocycles. The molecular weight excluding hydrogens is 262 g/mol. The number of thioether (sulfide) groups is 1. The van der Waals surface area contributed by atoms with E-state index in [1.54, 1.807) is 0 Å². The highest BCUT2D eigenvalue weighted by atomic mass is 35.5. The van der Waals surface area contributed by atoms with Gasteiger partial charge in [-0.1, -0.05) is 35.9 Å². The van der Waals surface area contributed by atoms with Gasteiger partial charge in [0.2, 0.25) is 0 Å². The zero-order valence-corrected chi connectivity index (χ0v) is 11.9. The first kappa shape index (κ1) is 13.3. The van der Waals surface area contributed by atoms with Gasteiger partial charge in [0.25, 0.3) is 0 Å². The van der Waals surface area contributed by atoms with Crippen LogP contribution in [0, 0.1) is 6.92 Å². The molecule has 0 radical (unpaired) electrons. The van der Waals surface area contributed by atoms with Crippen LogP contribution in [0.1, 0.15) is 5.56 Å². The van der Waals surface area contributed by atoms with Crippen molar-refractivity contribution in [2.75, 3.05) is 17.6 Å². The number of hydrogen-bond donors (Lipinski definition) is 1. The van der Waals surface area contributed by atoms with Crippen LogP contribution in [0.25, 0.3) is 0 Å². The number of rotatable bonds is 5. The maximum Gasteiger partial charge on any atom is 0.0637 e. The summed E-state index contributed by atoms with van der Waals surface area (Å²) in [5, 5.41) is 4.15. The molecule has 0 saturated carbocycles. The van der Waals surface area contributed by atoms with Crippen LogP contribution in [0.4, 0.5) is 5.69 Å². The number of halogens is 1. The van der Waals surface area contributed by atoms with Crippen LogP contribution in [-0.2, 0) is 0 Å². The molecule has 0 aliphatic rings. The number of nitrogens with one attached hydrogen (secondary N) is 1. The Morgan fingerprint density at radius 2 is 1.89 bits per heavy atom. The molecule has 0 spiro atoms. The molecule has 0 amide bonds. The first-order chi connectivity index (χ1) is 8.75. The molecule has 2 aromatic rings. The van der Waals surface area contributed by atoms with E-state index in [0.29, 0.717) is 0 Å². The number of aryl methyl sites for hydroxylation is 1. The topological polar surface area (TPSA) is 12.0 Å². The minimum absolute atomic E-state index is 0.783. The zero-order valence-electron chi connectivity index (χ0n) is 10.3. The van der Waals surface area contributed by atoms with Crippen molar-refractivity contribution < 1.29 is 0 Å². The fraction of sp³-hybridized carbons (Fsp3) is 0.200. The van der Waals surface area contributed by atoms with E-state index in [4.69, 9.17) is 11.6 Å². The van der Waals surface area contributed by atoms with Crippen molar-refractivity contribution in [1.29, 1.82) is 0 Å². The lowest BCUT2D eigenvalue weighted by Gasteiger charge is -2.09. The van der Waals surface area contributed by atoms with E-state index in [1.807, 2.05) is 30.0 Å². The highest BCUT2D eigenvalue weighted by molar-refractivity contribution is 7.99. The van der Waals surface area contributed by atoms with Gasteiger partial charge in [-0.2, -0.15) is 0 Å². The van der Waals surface area contributed by atoms with Crippen molar-refractivity contribution in [3.05, 3.63) is 59.1 Å². The maximum atomic E-state index is 6.12. The van der Waals surface area contributed by atoms with Gasteiger partial charge in [-0.15, -0.1) is 11.8 Å². The van der Waals surface area contributed by atoms with E-state index in [9.17, 15) is 0 Å². The van der Waals surface area contributed by atoms with Crippen molar-refractivity contribution >= 4 is 29.1 Å². The molecule has 1 nitrogen and oxygen atoms in total. The lowest BCUT2D eigenvalue weighted by Crippen LogP contribution is -2.04. The Balaban J connectivity index is 1.80. The molecule has 18 heavy (non-hydrogen) atoms. The predicted molar refractivity (Wildman–Crippen MR) is 81.8 cm³/mol. The average molecular weight is 278 g/mol. The maximum absolute atomic E-state index is 6.12. The van der Waals surface area contributed by atoms with Crippen molar-refractivity contribution in [1.82, 2.24) is 0 Å². The third-order valence-electron chi connectivity index (χ3n) is 2.55. The highest BCUT2D eigenvalue weighted by Crippen LogP contribution is 2.23. The summed E-state index contributed by atoms with van der Waals surface area (Å²) in [6.45, 7) is 2.98. The van der Waals surface area contributed by atoms with E-state index >= 15 is 0 Å². The Morgan fingerprint density at radius 3 is 2.67 bits per heavy atom. The molecule has 3 heteroatoms. The average Bonchev–Trinajstić information content (AvgIpc) is 2.40.